The molecule has 104 valence electrons. The second-order valence-corrected chi connectivity index (χ2v) is 4.99. The van der Waals surface area contributed by atoms with Gasteiger partial charge in [-0.3, -0.25) is 9.59 Å². The van der Waals surface area contributed by atoms with E-state index in [9.17, 15) is 9.59 Å². The molecule has 0 spiro atoms. The fourth-order valence-electron chi connectivity index (χ4n) is 2.31. The third kappa shape index (κ3) is 5.49. The summed E-state index contributed by atoms with van der Waals surface area (Å²) in [5, 5.41) is 14.7. The highest BCUT2D eigenvalue weighted by molar-refractivity contribution is 5.79. The van der Waals surface area contributed by atoms with E-state index in [1.807, 2.05) is 6.92 Å². The van der Waals surface area contributed by atoms with E-state index < -0.39 is 5.97 Å². The van der Waals surface area contributed by atoms with Crippen LogP contribution in [-0.2, 0) is 9.59 Å². The molecule has 1 heterocycles. The van der Waals surface area contributed by atoms with Crippen molar-refractivity contribution in [1.29, 1.82) is 0 Å². The molecule has 2 atom stereocenters. The van der Waals surface area contributed by atoms with Crippen LogP contribution in [0.5, 0.6) is 0 Å². The van der Waals surface area contributed by atoms with Gasteiger partial charge >= 0.3 is 5.97 Å². The molecule has 0 bridgehead atoms. The lowest BCUT2D eigenvalue weighted by molar-refractivity contribution is -0.137. The molecule has 0 aromatic carbocycles. The molecule has 1 aliphatic heterocycles. The van der Waals surface area contributed by atoms with E-state index in [4.69, 9.17) is 5.11 Å². The summed E-state index contributed by atoms with van der Waals surface area (Å²) in [6.07, 6.45) is 4.73. The first kappa shape index (κ1) is 15.0. The van der Waals surface area contributed by atoms with Crippen LogP contribution >= 0.6 is 0 Å². The van der Waals surface area contributed by atoms with Crippen LogP contribution in [0, 0.1) is 5.92 Å². The third-order valence-electron chi connectivity index (χ3n) is 3.48. The van der Waals surface area contributed by atoms with E-state index in [-0.39, 0.29) is 24.3 Å². The summed E-state index contributed by atoms with van der Waals surface area (Å²) in [6, 6.07) is 0.278. The third-order valence-corrected chi connectivity index (χ3v) is 3.48. The first-order valence-electron chi connectivity index (χ1n) is 6.84. The van der Waals surface area contributed by atoms with Crippen molar-refractivity contribution < 1.29 is 14.7 Å². The molecular formula is C13H24N2O3. The Bertz CT molecular complexity index is 281. The Balaban J connectivity index is 1.97. The summed E-state index contributed by atoms with van der Waals surface area (Å²) in [5.41, 5.74) is 0. The zero-order valence-corrected chi connectivity index (χ0v) is 11.1. The Morgan fingerprint density at radius 2 is 2.00 bits per heavy atom. The number of nitrogens with one attached hydrogen (secondary N) is 2. The average Bonchev–Trinajstić information content (AvgIpc) is 2.73. The van der Waals surface area contributed by atoms with Gasteiger partial charge < -0.3 is 15.7 Å². The van der Waals surface area contributed by atoms with Crippen LogP contribution < -0.4 is 10.6 Å². The molecule has 3 N–H and O–H groups in total. The van der Waals surface area contributed by atoms with Crippen LogP contribution in [0.15, 0.2) is 0 Å². The van der Waals surface area contributed by atoms with Gasteiger partial charge in [0, 0.05) is 19.0 Å². The van der Waals surface area contributed by atoms with Gasteiger partial charge in [-0.2, -0.15) is 0 Å². The van der Waals surface area contributed by atoms with E-state index in [1.54, 1.807) is 0 Å². The first-order chi connectivity index (χ1) is 8.61. The zero-order valence-electron chi connectivity index (χ0n) is 11.1. The Kier molecular flexibility index (Phi) is 6.72. The molecule has 5 nitrogen and oxygen atoms in total. The minimum Gasteiger partial charge on any atom is -0.481 e. The number of rotatable bonds is 8. The van der Waals surface area contributed by atoms with Crippen molar-refractivity contribution in [3.63, 3.8) is 0 Å². The highest BCUT2D eigenvalue weighted by Crippen LogP contribution is 2.14. The van der Waals surface area contributed by atoms with E-state index in [0.29, 0.717) is 6.54 Å². The van der Waals surface area contributed by atoms with Gasteiger partial charge in [-0.1, -0.05) is 12.8 Å². The van der Waals surface area contributed by atoms with E-state index >= 15 is 0 Å². The number of amides is 1. The summed E-state index contributed by atoms with van der Waals surface area (Å²) in [4.78, 5) is 22.1. The summed E-state index contributed by atoms with van der Waals surface area (Å²) < 4.78 is 0. The second-order valence-electron chi connectivity index (χ2n) is 4.99. The standard InChI is InChI=1S/C13H24N2O3/c1-10-11(7-9-14-10)13(18)15-8-5-3-2-4-6-12(16)17/h10-11,14H,2-9H2,1H3,(H,15,18)(H,16,17). The predicted molar refractivity (Wildman–Crippen MR) is 69.3 cm³/mol. The van der Waals surface area contributed by atoms with Crippen molar-refractivity contribution in [3.05, 3.63) is 0 Å². The molecule has 0 radical (unpaired) electrons. The van der Waals surface area contributed by atoms with Crippen LogP contribution in [0.3, 0.4) is 0 Å². The number of unbranched alkanes of at least 4 members (excludes halogenated alkanes) is 3. The quantitative estimate of drug-likeness (QED) is 0.569. The highest BCUT2D eigenvalue weighted by atomic mass is 16.4. The van der Waals surface area contributed by atoms with Crippen molar-refractivity contribution >= 4 is 11.9 Å². The molecule has 1 aliphatic rings. The van der Waals surface area contributed by atoms with Crippen LogP contribution in [0.2, 0.25) is 0 Å². The Morgan fingerprint density at radius 1 is 1.28 bits per heavy atom. The Labute approximate surface area is 108 Å². The van der Waals surface area contributed by atoms with Gasteiger partial charge in [0.2, 0.25) is 5.91 Å². The summed E-state index contributed by atoms with van der Waals surface area (Å²) in [7, 11) is 0. The predicted octanol–water partition coefficient (Wildman–Crippen LogP) is 1.14. The number of carboxylic acid groups (broad SMARTS) is 1. The summed E-state index contributed by atoms with van der Waals surface area (Å²) >= 11 is 0. The number of hydrogen-bond acceptors (Lipinski definition) is 3. The maximum atomic E-state index is 11.8. The van der Waals surface area contributed by atoms with Crippen molar-refractivity contribution in [3.8, 4) is 0 Å². The summed E-state index contributed by atoms with van der Waals surface area (Å²) in [5.74, 6) is -0.471. The van der Waals surface area contributed by atoms with Crippen LogP contribution in [-0.4, -0.2) is 36.1 Å². The first-order valence-corrected chi connectivity index (χ1v) is 6.84. The lowest BCUT2D eigenvalue weighted by Gasteiger charge is -2.14. The van der Waals surface area contributed by atoms with Crippen molar-refractivity contribution in [1.82, 2.24) is 10.6 Å². The largest absolute Gasteiger partial charge is 0.481 e. The number of carbonyl (C=O) groups is 2. The van der Waals surface area contributed by atoms with E-state index in [0.717, 1.165) is 38.6 Å². The Morgan fingerprint density at radius 3 is 2.61 bits per heavy atom. The molecule has 0 aromatic heterocycles. The minimum atomic E-state index is -0.731. The van der Waals surface area contributed by atoms with Crippen molar-refractivity contribution in [2.24, 2.45) is 5.92 Å². The molecule has 5 heteroatoms. The molecule has 18 heavy (non-hydrogen) atoms. The fourth-order valence-corrected chi connectivity index (χ4v) is 2.31. The molecule has 1 rings (SSSR count). The maximum Gasteiger partial charge on any atom is 0.303 e. The van der Waals surface area contributed by atoms with Gasteiger partial charge in [0.15, 0.2) is 0 Å². The van der Waals surface area contributed by atoms with Crippen LogP contribution in [0.25, 0.3) is 0 Å². The number of aliphatic carboxylic acids is 1. The monoisotopic (exact) mass is 256 g/mol. The fraction of sp³-hybridized carbons (Fsp3) is 0.846. The maximum absolute atomic E-state index is 11.8. The van der Waals surface area contributed by atoms with Gasteiger partial charge in [0.05, 0.1) is 5.92 Å². The molecule has 0 aromatic rings. The topological polar surface area (TPSA) is 78.4 Å². The molecular weight excluding hydrogens is 232 g/mol. The molecule has 0 saturated carbocycles. The number of carboxylic acids is 1. The molecule has 1 fully saturated rings. The molecule has 2 unspecified atom stereocenters. The lowest BCUT2D eigenvalue weighted by Crippen LogP contribution is -2.37. The SMILES string of the molecule is CC1NCCC1C(=O)NCCCCCCC(=O)O. The van der Waals surface area contributed by atoms with E-state index in [1.165, 1.54) is 0 Å². The van der Waals surface area contributed by atoms with Crippen molar-refractivity contribution in [2.45, 2.75) is 51.5 Å². The summed E-state index contributed by atoms with van der Waals surface area (Å²) in [6.45, 7) is 3.67. The molecule has 0 aliphatic carbocycles. The highest BCUT2D eigenvalue weighted by Gasteiger charge is 2.28. The lowest BCUT2D eigenvalue weighted by atomic mass is 10.0. The molecule has 1 amide bonds. The zero-order chi connectivity index (χ0) is 13.4. The molecule has 1 saturated heterocycles. The van der Waals surface area contributed by atoms with Gasteiger partial charge in [-0.05, 0) is 32.7 Å². The van der Waals surface area contributed by atoms with Crippen molar-refractivity contribution in [2.75, 3.05) is 13.1 Å². The number of hydrogen-bond donors (Lipinski definition) is 3. The smallest absolute Gasteiger partial charge is 0.303 e. The second kappa shape index (κ2) is 8.08. The van der Waals surface area contributed by atoms with Crippen LogP contribution in [0.4, 0.5) is 0 Å². The van der Waals surface area contributed by atoms with E-state index in [2.05, 4.69) is 10.6 Å². The van der Waals surface area contributed by atoms with Gasteiger partial charge in [-0.25, -0.2) is 0 Å². The average molecular weight is 256 g/mol. The normalized spacial score (nSPS) is 22.9. The Hall–Kier alpha value is -1.10. The minimum absolute atomic E-state index is 0.108. The van der Waals surface area contributed by atoms with Gasteiger partial charge in [0.1, 0.15) is 0 Å². The van der Waals surface area contributed by atoms with Gasteiger partial charge in [0.25, 0.3) is 0 Å². The van der Waals surface area contributed by atoms with Crippen LogP contribution in [0.1, 0.15) is 45.4 Å². The van der Waals surface area contributed by atoms with Gasteiger partial charge in [-0.15, -0.1) is 0 Å². The number of carbonyl (C=O) groups excluding carboxylic acids is 1.